The van der Waals surface area contributed by atoms with Crippen LogP contribution in [-0.4, -0.2) is 144 Å². The number of nitrogens with one attached hydrogen (secondary N) is 6. The van der Waals surface area contributed by atoms with Crippen molar-refractivity contribution in [1.82, 2.24) is 51.0 Å². The topological polar surface area (TPSA) is 342 Å². The highest BCUT2D eigenvalue weighted by Gasteiger charge is 2.40. The zero-order chi connectivity index (χ0) is 44.8. The zero-order valence-electron chi connectivity index (χ0n) is 34.5. The van der Waals surface area contributed by atoms with Gasteiger partial charge in [-0.05, 0) is 57.4 Å². The van der Waals surface area contributed by atoms with Gasteiger partial charge in [0, 0.05) is 56.3 Å². The lowest BCUT2D eigenvalue weighted by atomic mass is 10.0. The summed E-state index contributed by atoms with van der Waals surface area (Å²) >= 11 is 0. The van der Waals surface area contributed by atoms with Gasteiger partial charge in [-0.3, -0.25) is 33.8 Å². The highest BCUT2D eigenvalue weighted by molar-refractivity contribution is 5.97. The summed E-state index contributed by atoms with van der Waals surface area (Å²) in [4.78, 5) is 115. The third-order valence-electron chi connectivity index (χ3n) is 10.8. The Morgan fingerprint density at radius 2 is 1.32 bits per heavy atom. The van der Waals surface area contributed by atoms with E-state index in [9.17, 15) is 38.7 Å². The van der Waals surface area contributed by atoms with E-state index in [1.165, 1.54) is 41.8 Å². The van der Waals surface area contributed by atoms with Gasteiger partial charge in [0.2, 0.25) is 35.4 Å². The van der Waals surface area contributed by atoms with E-state index in [1.807, 2.05) is 30.3 Å². The molecule has 334 valence electrons. The number of hydrogen-bond donors (Lipinski definition) is 10. The van der Waals surface area contributed by atoms with Crippen LogP contribution >= 0.6 is 0 Å². The molecule has 0 aliphatic carbocycles. The van der Waals surface area contributed by atoms with Gasteiger partial charge in [0.25, 0.3) is 0 Å². The molecule has 0 bridgehead atoms. The molecule has 7 atom stereocenters. The summed E-state index contributed by atoms with van der Waals surface area (Å²) < 4.78 is 0. The number of hydrogen-bond acceptors (Lipinski definition) is 11. The normalized spacial score (nSPS) is 18.4. The molecule has 13 N–H and O–H groups in total. The number of aromatic nitrogens is 4. The molecule has 62 heavy (non-hydrogen) atoms. The molecule has 5 rings (SSSR count). The van der Waals surface area contributed by atoms with Crippen LogP contribution in [0, 0.1) is 0 Å². The number of aliphatic imine (C=N–C) groups is 1. The van der Waals surface area contributed by atoms with Gasteiger partial charge in [-0.2, -0.15) is 0 Å². The highest BCUT2D eigenvalue weighted by atomic mass is 16.4. The van der Waals surface area contributed by atoms with Gasteiger partial charge in [0.15, 0.2) is 5.96 Å². The van der Waals surface area contributed by atoms with Crippen LogP contribution in [0.25, 0.3) is 0 Å². The number of imidazole rings is 2. The van der Waals surface area contributed by atoms with E-state index in [2.05, 4.69) is 46.2 Å². The smallest absolute Gasteiger partial charge is 0.326 e. The standard InChI is InChI=1S/C40H56N14O8/c1-23(49-33(55)28(10-5-13-46-40(42)43)50-35(57)32-12-7-15-54(32)38(60)27(41)16-24-8-3-2-4-9-24)37(59)53-14-6-11-31(53)36(58)51-29(17-25-19-44-21-47-25)34(56)52-30(39(61)62)18-26-20-45-22-48-26/h2-4,8-9,19-23,27-32H,5-7,10-18,41H2,1H3,(H,44,47)(H,45,48)(H,49,55)(H,50,57)(H,51,58)(H,52,56)(H,61,62)(H4,42,43,46)/t23-,27-,28-,29-,30-,31-,32-/m0/s1. The van der Waals surface area contributed by atoms with Crippen molar-refractivity contribution in [2.75, 3.05) is 19.6 Å². The van der Waals surface area contributed by atoms with E-state index < -0.39 is 77.8 Å². The van der Waals surface area contributed by atoms with E-state index in [0.717, 1.165) is 5.56 Å². The lowest BCUT2D eigenvalue weighted by molar-refractivity contribution is -0.143. The third kappa shape index (κ3) is 12.8. The fraction of sp³-hybridized carbons (Fsp3) is 0.500. The minimum absolute atomic E-state index is 0.0648. The Morgan fingerprint density at radius 1 is 0.774 bits per heavy atom. The van der Waals surface area contributed by atoms with Crippen LogP contribution in [0.15, 0.2) is 60.4 Å². The van der Waals surface area contributed by atoms with Crippen molar-refractivity contribution < 1.29 is 38.7 Å². The number of carbonyl (C=O) groups excluding carboxylic acids is 6. The molecule has 22 heteroatoms. The second-order valence-electron chi connectivity index (χ2n) is 15.4. The van der Waals surface area contributed by atoms with Gasteiger partial charge in [-0.1, -0.05) is 30.3 Å². The molecule has 4 heterocycles. The molecule has 2 aliphatic heterocycles. The van der Waals surface area contributed by atoms with Crippen molar-refractivity contribution in [2.45, 2.75) is 107 Å². The summed E-state index contributed by atoms with van der Waals surface area (Å²) in [6.07, 6.45) is 7.79. The van der Waals surface area contributed by atoms with Gasteiger partial charge in [0.05, 0.1) is 18.7 Å². The SMILES string of the molecule is C[C@H](NC(=O)[C@H](CCCN=C(N)N)NC(=O)[C@@H]1CCCN1C(=O)[C@@H](N)Cc1ccccc1)C(=O)N1CCC[C@H]1C(=O)N[C@@H](Cc1cnc[nH]1)C(=O)N[C@@H](Cc1cnc[nH]1)C(=O)O. The monoisotopic (exact) mass is 860 g/mol. The number of H-pyrrole nitrogens is 2. The molecule has 3 aromatic rings. The number of nitrogens with two attached hydrogens (primary N) is 3. The average Bonchev–Trinajstić information content (AvgIpc) is 4.10. The third-order valence-corrected chi connectivity index (χ3v) is 10.8. The lowest BCUT2D eigenvalue weighted by Gasteiger charge is -2.30. The quantitative estimate of drug-likeness (QED) is 0.0303. The molecule has 0 spiro atoms. The Bertz CT molecular complexity index is 2030. The molecule has 0 radical (unpaired) electrons. The molecule has 2 saturated heterocycles. The molecule has 2 fully saturated rings. The van der Waals surface area contributed by atoms with Crippen molar-refractivity contribution in [3.05, 3.63) is 72.3 Å². The average molecular weight is 861 g/mol. The van der Waals surface area contributed by atoms with Crippen LogP contribution in [0.2, 0.25) is 0 Å². The second kappa shape index (κ2) is 22.1. The fourth-order valence-corrected chi connectivity index (χ4v) is 7.62. The first-order valence-electron chi connectivity index (χ1n) is 20.6. The van der Waals surface area contributed by atoms with E-state index in [4.69, 9.17) is 17.2 Å². The highest BCUT2D eigenvalue weighted by Crippen LogP contribution is 2.21. The molecule has 2 aromatic heterocycles. The van der Waals surface area contributed by atoms with Crippen molar-refractivity contribution in [2.24, 2.45) is 22.2 Å². The van der Waals surface area contributed by atoms with E-state index >= 15 is 0 Å². The van der Waals surface area contributed by atoms with Gasteiger partial charge in [-0.25, -0.2) is 14.8 Å². The van der Waals surface area contributed by atoms with Crippen molar-refractivity contribution >= 4 is 47.4 Å². The molecule has 22 nitrogen and oxygen atoms in total. The van der Waals surface area contributed by atoms with Gasteiger partial charge in [-0.15, -0.1) is 0 Å². The number of carboxylic acid groups (broad SMARTS) is 1. The maximum Gasteiger partial charge on any atom is 0.326 e. The van der Waals surface area contributed by atoms with Gasteiger partial charge < -0.3 is 63.3 Å². The summed E-state index contributed by atoms with van der Waals surface area (Å²) in [5.41, 5.74) is 19.1. The first kappa shape index (κ1) is 46.2. The van der Waals surface area contributed by atoms with Crippen LogP contribution in [0.1, 0.15) is 62.4 Å². The molecule has 0 unspecified atom stereocenters. The molecular weight excluding hydrogens is 805 g/mol. The van der Waals surface area contributed by atoms with Crippen LogP contribution < -0.4 is 38.5 Å². The largest absolute Gasteiger partial charge is 0.480 e. The Kier molecular flexibility index (Phi) is 16.5. The number of amides is 6. The van der Waals surface area contributed by atoms with E-state index in [1.54, 1.807) is 0 Å². The van der Waals surface area contributed by atoms with Gasteiger partial charge >= 0.3 is 5.97 Å². The minimum atomic E-state index is -1.35. The number of aromatic amines is 2. The molecule has 6 amide bonds. The Morgan fingerprint density at radius 3 is 1.87 bits per heavy atom. The zero-order valence-corrected chi connectivity index (χ0v) is 34.5. The van der Waals surface area contributed by atoms with Crippen LogP contribution in [-0.2, 0) is 52.8 Å². The van der Waals surface area contributed by atoms with Crippen molar-refractivity contribution in [3.8, 4) is 0 Å². The van der Waals surface area contributed by atoms with Crippen LogP contribution in [0.4, 0.5) is 0 Å². The van der Waals surface area contributed by atoms with Crippen LogP contribution in [0.5, 0.6) is 0 Å². The summed E-state index contributed by atoms with van der Waals surface area (Å²) in [5.74, 6) is -5.07. The molecule has 0 saturated carbocycles. The number of carboxylic acids is 1. The fourth-order valence-electron chi connectivity index (χ4n) is 7.62. The maximum atomic E-state index is 13.9. The molecule has 2 aliphatic rings. The first-order valence-corrected chi connectivity index (χ1v) is 20.6. The Labute approximate surface area is 357 Å². The molecular formula is C40H56N14O8. The van der Waals surface area contributed by atoms with E-state index in [0.29, 0.717) is 37.2 Å². The van der Waals surface area contributed by atoms with E-state index in [-0.39, 0.29) is 63.5 Å². The maximum absolute atomic E-state index is 13.9. The van der Waals surface area contributed by atoms with Gasteiger partial charge in [0.1, 0.15) is 36.3 Å². The number of rotatable bonds is 21. The Hall–Kier alpha value is -6.84. The summed E-state index contributed by atoms with van der Waals surface area (Å²) in [6.45, 7) is 2.11. The van der Waals surface area contributed by atoms with Crippen molar-refractivity contribution in [3.63, 3.8) is 0 Å². The number of carbonyl (C=O) groups is 7. The Balaban J connectivity index is 1.23. The lowest BCUT2D eigenvalue weighted by Crippen LogP contribution is -2.59. The summed E-state index contributed by atoms with van der Waals surface area (Å²) in [5, 5.41) is 20.5. The number of benzene rings is 1. The number of guanidine groups is 1. The summed E-state index contributed by atoms with van der Waals surface area (Å²) in [7, 11) is 0. The predicted octanol–water partition coefficient (Wildman–Crippen LogP) is -2.43. The minimum Gasteiger partial charge on any atom is -0.480 e. The van der Waals surface area contributed by atoms with Crippen molar-refractivity contribution in [1.29, 1.82) is 0 Å². The molecule has 1 aromatic carbocycles. The predicted molar refractivity (Wildman–Crippen MR) is 223 cm³/mol. The first-order chi connectivity index (χ1) is 29.7. The second-order valence-corrected chi connectivity index (χ2v) is 15.4. The number of aliphatic carboxylic acids is 1. The number of likely N-dealkylation sites (tertiary alicyclic amines) is 2. The summed E-state index contributed by atoms with van der Waals surface area (Å²) in [6, 6.07) is 1.61. The van der Waals surface area contributed by atoms with Crippen LogP contribution in [0.3, 0.4) is 0 Å². The number of nitrogens with zero attached hydrogens (tertiary/aromatic N) is 5.